The highest BCUT2D eigenvalue weighted by atomic mass is 32.2. The van der Waals surface area contributed by atoms with Crippen LogP contribution in [0.3, 0.4) is 0 Å². The molecular formula is C9H21N3O3S. The molecule has 16 heavy (non-hydrogen) atoms. The molecule has 0 spiro atoms. The van der Waals surface area contributed by atoms with Crippen molar-refractivity contribution in [2.24, 2.45) is 16.8 Å². The van der Waals surface area contributed by atoms with Crippen LogP contribution in [0.4, 0.5) is 0 Å². The van der Waals surface area contributed by atoms with Gasteiger partial charge in [-0.15, -0.1) is 0 Å². The van der Waals surface area contributed by atoms with Gasteiger partial charge in [0.2, 0.25) is 10.0 Å². The fourth-order valence-electron chi connectivity index (χ4n) is 1.14. The van der Waals surface area contributed by atoms with E-state index >= 15 is 0 Å². The van der Waals surface area contributed by atoms with Crippen LogP contribution in [0.2, 0.25) is 0 Å². The quantitative estimate of drug-likeness (QED) is 0.328. The molecule has 0 aromatic heterocycles. The number of oxime groups is 1. The molecular weight excluding hydrogens is 230 g/mol. The molecule has 0 amide bonds. The molecule has 0 fully saturated rings. The van der Waals surface area contributed by atoms with E-state index in [1.165, 1.54) is 11.4 Å². The van der Waals surface area contributed by atoms with E-state index in [0.717, 1.165) is 0 Å². The summed E-state index contributed by atoms with van der Waals surface area (Å²) < 4.78 is 24.3. The van der Waals surface area contributed by atoms with Gasteiger partial charge in [-0.05, 0) is 20.8 Å². The number of hydrogen-bond donors (Lipinski definition) is 2. The molecule has 0 aromatic rings. The molecule has 0 rings (SSSR count). The van der Waals surface area contributed by atoms with Gasteiger partial charge in [0.1, 0.15) is 5.84 Å². The smallest absolute Gasteiger partial charge is 0.218 e. The lowest BCUT2D eigenvalue weighted by Crippen LogP contribution is -2.44. The van der Waals surface area contributed by atoms with E-state index in [1.807, 2.05) is 0 Å². The second kappa shape index (κ2) is 5.01. The van der Waals surface area contributed by atoms with E-state index in [0.29, 0.717) is 0 Å². The van der Waals surface area contributed by atoms with Gasteiger partial charge in [0.15, 0.2) is 0 Å². The molecule has 0 bridgehead atoms. The van der Waals surface area contributed by atoms with Crippen molar-refractivity contribution in [1.82, 2.24) is 4.31 Å². The Balaban J connectivity index is 4.80. The third-order valence-electron chi connectivity index (χ3n) is 2.34. The van der Waals surface area contributed by atoms with Crippen LogP contribution in [-0.2, 0) is 10.0 Å². The van der Waals surface area contributed by atoms with E-state index in [4.69, 9.17) is 10.9 Å². The molecule has 7 heteroatoms. The summed E-state index contributed by atoms with van der Waals surface area (Å²) in [5, 5.41) is 11.3. The highest BCUT2D eigenvalue weighted by Crippen LogP contribution is 2.19. The molecule has 0 saturated heterocycles. The average molecular weight is 251 g/mol. The maximum atomic E-state index is 12.0. The summed E-state index contributed by atoms with van der Waals surface area (Å²) in [6.07, 6.45) is 0. The molecule has 0 heterocycles. The van der Waals surface area contributed by atoms with Crippen molar-refractivity contribution >= 4 is 15.9 Å². The zero-order valence-electron chi connectivity index (χ0n) is 10.4. The lowest BCUT2D eigenvalue weighted by Gasteiger charge is -2.28. The van der Waals surface area contributed by atoms with E-state index in [-0.39, 0.29) is 18.3 Å². The van der Waals surface area contributed by atoms with Crippen molar-refractivity contribution in [2.75, 3.05) is 13.6 Å². The minimum Gasteiger partial charge on any atom is -0.409 e. The Morgan fingerprint density at radius 1 is 1.50 bits per heavy atom. The van der Waals surface area contributed by atoms with Crippen LogP contribution in [0.25, 0.3) is 0 Å². The van der Waals surface area contributed by atoms with Gasteiger partial charge in [0.05, 0.1) is 4.75 Å². The third-order valence-corrected chi connectivity index (χ3v) is 4.85. The molecule has 1 atom stereocenters. The molecule has 0 aromatic carbocycles. The van der Waals surface area contributed by atoms with Crippen LogP contribution in [0.1, 0.15) is 27.7 Å². The molecule has 3 N–H and O–H groups in total. The topological polar surface area (TPSA) is 96.0 Å². The minimum absolute atomic E-state index is 0.0240. The Bertz CT molecular complexity index is 357. The van der Waals surface area contributed by atoms with Crippen LogP contribution in [0, 0.1) is 5.92 Å². The first-order valence-electron chi connectivity index (χ1n) is 4.97. The zero-order chi connectivity index (χ0) is 13.1. The highest BCUT2D eigenvalue weighted by Gasteiger charge is 2.33. The van der Waals surface area contributed by atoms with Gasteiger partial charge < -0.3 is 10.9 Å². The summed E-state index contributed by atoms with van der Waals surface area (Å²) in [6, 6.07) is 0. The molecule has 1 unspecified atom stereocenters. The van der Waals surface area contributed by atoms with Gasteiger partial charge >= 0.3 is 0 Å². The predicted octanol–water partition coefficient (Wildman–Crippen LogP) is 0.429. The second-order valence-corrected chi connectivity index (χ2v) is 7.62. The lowest BCUT2D eigenvalue weighted by atomic mass is 10.2. The minimum atomic E-state index is -3.37. The Morgan fingerprint density at radius 2 is 1.94 bits per heavy atom. The summed E-state index contributed by atoms with van der Waals surface area (Å²) >= 11 is 0. The average Bonchev–Trinajstić information content (AvgIpc) is 2.14. The monoisotopic (exact) mass is 251 g/mol. The first kappa shape index (κ1) is 15.2. The van der Waals surface area contributed by atoms with E-state index < -0.39 is 14.8 Å². The number of nitrogens with two attached hydrogens (primary N) is 1. The fraction of sp³-hybridized carbons (Fsp3) is 0.889. The number of sulfonamides is 1. The highest BCUT2D eigenvalue weighted by molar-refractivity contribution is 7.90. The summed E-state index contributed by atoms with van der Waals surface area (Å²) in [4.78, 5) is 0. The van der Waals surface area contributed by atoms with Gasteiger partial charge in [-0.1, -0.05) is 12.1 Å². The van der Waals surface area contributed by atoms with Crippen molar-refractivity contribution < 1.29 is 13.6 Å². The van der Waals surface area contributed by atoms with Gasteiger partial charge in [-0.3, -0.25) is 0 Å². The van der Waals surface area contributed by atoms with E-state index in [1.54, 1.807) is 27.7 Å². The van der Waals surface area contributed by atoms with Gasteiger partial charge in [-0.2, -0.15) is 0 Å². The lowest BCUT2D eigenvalue weighted by molar-refractivity contribution is 0.312. The summed E-state index contributed by atoms with van der Waals surface area (Å²) in [6.45, 7) is 6.78. The maximum Gasteiger partial charge on any atom is 0.218 e. The molecule has 0 saturated carbocycles. The molecule has 0 aliphatic carbocycles. The molecule has 96 valence electrons. The third kappa shape index (κ3) is 3.34. The SMILES string of the molecule is CC(CN(C)S(=O)(=O)C(C)(C)C)C(N)=NO. The van der Waals surface area contributed by atoms with Crippen LogP contribution in [0.5, 0.6) is 0 Å². The van der Waals surface area contributed by atoms with Crippen molar-refractivity contribution in [1.29, 1.82) is 0 Å². The van der Waals surface area contributed by atoms with Crippen LogP contribution in [0.15, 0.2) is 5.16 Å². The number of amidine groups is 1. The maximum absolute atomic E-state index is 12.0. The fourth-order valence-corrected chi connectivity index (χ4v) is 2.50. The Labute approximate surface area is 97.2 Å². The van der Waals surface area contributed by atoms with Crippen LogP contribution >= 0.6 is 0 Å². The number of hydrogen-bond acceptors (Lipinski definition) is 4. The van der Waals surface area contributed by atoms with Crippen LogP contribution in [-0.4, -0.2) is 42.1 Å². The molecule has 0 aliphatic rings. The van der Waals surface area contributed by atoms with Crippen molar-refractivity contribution in [3.8, 4) is 0 Å². The zero-order valence-corrected chi connectivity index (χ0v) is 11.2. The summed E-state index contributed by atoms with van der Waals surface area (Å²) in [7, 11) is -1.88. The van der Waals surface area contributed by atoms with Crippen LogP contribution < -0.4 is 5.73 Å². The normalized spacial score (nSPS) is 16.5. The van der Waals surface area contributed by atoms with Crippen molar-refractivity contribution in [3.05, 3.63) is 0 Å². The van der Waals surface area contributed by atoms with Gasteiger partial charge in [0, 0.05) is 19.5 Å². The Hall–Kier alpha value is -0.820. The second-order valence-electron chi connectivity index (χ2n) is 4.82. The van der Waals surface area contributed by atoms with E-state index in [2.05, 4.69) is 5.16 Å². The van der Waals surface area contributed by atoms with Crippen molar-refractivity contribution in [2.45, 2.75) is 32.4 Å². The van der Waals surface area contributed by atoms with E-state index in [9.17, 15) is 8.42 Å². The van der Waals surface area contributed by atoms with Crippen molar-refractivity contribution in [3.63, 3.8) is 0 Å². The molecule has 0 aliphatic heterocycles. The predicted molar refractivity (Wildman–Crippen MR) is 63.9 cm³/mol. The standard InChI is InChI=1S/C9H21N3O3S/c1-7(8(10)11-13)6-12(5)16(14,15)9(2,3)4/h7,13H,6H2,1-5H3,(H2,10,11). The first-order valence-corrected chi connectivity index (χ1v) is 6.41. The summed E-state index contributed by atoms with van der Waals surface area (Å²) in [5.74, 6) is -0.303. The number of nitrogens with zero attached hydrogens (tertiary/aromatic N) is 2. The Kier molecular flexibility index (Phi) is 4.75. The largest absolute Gasteiger partial charge is 0.409 e. The molecule has 0 radical (unpaired) electrons. The Morgan fingerprint density at radius 3 is 2.25 bits per heavy atom. The number of rotatable bonds is 4. The van der Waals surface area contributed by atoms with Gasteiger partial charge in [0.25, 0.3) is 0 Å². The first-order chi connectivity index (χ1) is 7.04. The van der Waals surface area contributed by atoms with Gasteiger partial charge in [-0.25, -0.2) is 12.7 Å². The molecule has 6 nitrogen and oxygen atoms in total. The summed E-state index contributed by atoms with van der Waals surface area (Å²) in [5.41, 5.74) is 5.40.